The van der Waals surface area contributed by atoms with Gasteiger partial charge in [-0.3, -0.25) is 14.0 Å². The summed E-state index contributed by atoms with van der Waals surface area (Å²) in [4.78, 5) is 17.6. The number of carbonyl (C=O) groups excluding carboxylic acids is 1. The number of benzene rings is 3. The van der Waals surface area contributed by atoms with E-state index in [9.17, 15) is 13.2 Å². The molecular formula is C28H31N3O5S. The molecule has 3 aromatic carbocycles. The highest BCUT2D eigenvalue weighted by molar-refractivity contribution is 7.92. The van der Waals surface area contributed by atoms with Crippen LogP contribution >= 0.6 is 0 Å². The van der Waals surface area contributed by atoms with Gasteiger partial charge in [0.05, 0.1) is 10.6 Å². The van der Waals surface area contributed by atoms with Crippen LogP contribution in [0.2, 0.25) is 0 Å². The van der Waals surface area contributed by atoms with Crippen LogP contribution in [0.1, 0.15) is 16.7 Å². The minimum absolute atomic E-state index is 0.162. The van der Waals surface area contributed by atoms with Crippen molar-refractivity contribution < 1.29 is 22.7 Å². The van der Waals surface area contributed by atoms with Crippen LogP contribution in [0.3, 0.4) is 0 Å². The zero-order valence-corrected chi connectivity index (χ0v) is 21.9. The molecule has 8 nitrogen and oxygen atoms in total. The van der Waals surface area contributed by atoms with Crippen LogP contribution in [-0.2, 0) is 21.4 Å². The molecule has 5 rings (SSSR count). The maximum atomic E-state index is 13.6. The molecule has 37 heavy (non-hydrogen) atoms. The Morgan fingerprint density at radius 1 is 0.865 bits per heavy atom. The zero-order chi connectivity index (χ0) is 26.0. The summed E-state index contributed by atoms with van der Waals surface area (Å²) < 4.78 is 39.3. The predicted molar refractivity (Wildman–Crippen MR) is 141 cm³/mol. The largest absolute Gasteiger partial charge is 0.454 e. The van der Waals surface area contributed by atoms with E-state index in [0.717, 1.165) is 34.7 Å². The molecule has 0 spiro atoms. The van der Waals surface area contributed by atoms with E-state index < -0.39 is 10.0 Å². The standard InChI is InChI=1S/C28H31N3O5S/c1-21-8-10-24(16-22(21)2)31(37(33,34)25-6-4-3-5-7-25)19-28(32)30-14-12-29(13-15-30)18-23-9-11-26-27(17-23)36-20-35-26/h3-11,16-17H,12-15,18-20H2,1-2H3. The molecule has 1 saturated heterocycles. The second kappa shape index (κ2) is 10.4. The average Bonchev–Trinajstić information content (AvgIpc) is 3.38. The van der Waals surface area contributed by atoms with Crippen LogP contribution in [0.15, 0.2) is 71.6 Å². The predicted octanol–water partition coefficient (Wildman–Crippen LogP) is 3.57. The number of fused-ring (bicyclic) bond motifs is 1. The first-order chi connectivity index (χ1) is 17.8. The van der Waals surface area contributed by atoms with Crippen LogP contribution in [0, 0.1) is 13.8 Å². The number of anilines is 1. The number of hydrogen-bond donors (Lipinski definition) is 0. The molecule has 2 aliphatic rings. The molecule has 1 amide bonds. The van der Waals surface area contributed by atoms with Crippen LogP contribution in [0.5, 0.6) is 11.5 Å². The second-order valence-electron chi connectivity index (χ2n) is 9.44. The van der Waals surface area contributed by atoms with Crippen molar-refractivity contribution in [2.45, 2.75) is 25.3 Å². The topological polar surface area (TPSA) is 79.4 Å². The monoisotopic (exact) mass is 521 g/mol. The smallest absolute Gasteiger partial charge is 0.264 e. The normalized spacial score (nSPS) is 15.6. The van der Waals surface area contributed by atoms with Gasteiger partial charge >= 0.3 is 0 Å². The molecule has 9 heteroatoms. The quantitative estimate of drug-likeness (QED) is 0.473. The lowest BCUT2D eigenvalue weighted by Gasteiger charge is -2.36. The summed E-state index contributed by atoms with van der Waals surface area (Å²) >= 11 is 0. The maximum absolute atomic E-state index is 13.6. The molecule has 0 radical (unpaired) electrons. The Morgan fingerprint density at radius 3 is 2.32 bits per heavy atom. The number of nitrogens with zero attached hydrogens (tertiary/aromatic N) is 3. The maximum Gasteiger partial charge on any atom is 0.264 e. The Kier molecular flexibility index (Phi) is 7.08. The van der Waals surface area contributed by atoms with Gasteiger partial charge in [-0.2, -0.15) is 0 Å². The number of sulfonamides is 1. The van der Waals surface area contributed by atoms with Gasteiger partial charge in [-0.25, -0.2) is 8.42 Å². The summed E-state index contributed by atoms with van der Waals surface area (Å²) in [7, 11) is -3.92. The lowest BCUT2D eigenvalue weighted by atomic mass is 10.1. The van der Waals surface area contributed by atoms with Crippen molar-refractivity contribution in [1.82, 2.24) is 9.80 Å². The fourth-order valence-electron chi connectivity index (χ4n) is 4.59. The Morgan fingerprint density at radius 2 is 1.59 bits per heavy atom. The molecule has 0 saturated carbocycles. The van der Waals surface area contributed by atoms with E-state index in [0.29, 0.717) is 31.9 Å². The van der Waals surface area contributed by atoms with E-state index in [1.165, 1.54) is 4.31 Å². The van der Waals surface area contributed by atoms with Gasteiger partial charge in [0.2, 0.25) is 12.7 Å². The van der Waals surface area contributed by atoms with E-state index in [-0.39, 0.29) is 24.1 Å². The van der Waals surface area contributed by atoms with Gasteiger partial charge in [0.15, 0.2) is 11.5 Å². The molecule has 0 aromatic heterocycles. The third kappa shape index (κ3) is 5.42. The van der Waals surface area contributed by atoms with E-state index in [2.05, 4.69) is 4.90 Å². The summed E-state index contributed by atoms with van der Waals surface area (Å²) in [6, 6.07) is 19.7. The van der Waals surface area contributed by atoms with Crippen LogP contribution in [0.25, 0.3) is 0 Å². The van der Waals surface area contributed by atoms with Crippen molar-refractivity contribution in [3.8, 4) is 11.5 Å². The molecule has 194 valence electrons. The van der Waals surface area contributed by atoms with Crippen LogP contribution in [-0.4, -0.2) is 63.6 Å². The van der Waals surface area contributed by atoms with Crippen molar-refractivity contribution in [2.24, 2.45) is 0 Å². The zero-order valence-electron chi connectivity index (χ0n) is 21.1. The molecule has 0 aliphatic carbocycles. The summed E-state index contributed by atoms with van der Waals surface area (Å²) in [6.07, 6.45) is 0. The van der Waals surface area contributed by atoms with E-state index >= 15 is 0 Å². The Hall–Kier alpha value is -3.56. The number of hydrogen-bond acceptors (Lipinski definition) is 6. The summed E-state index contributed by atoms with van der Waals surface area (Å²) in [5.41, 5.74) is 3.64. The second-order valence-corrected chi connectivity index (χ2v) is 11.3. The SMILES string of the molecule is Cc1ccc(N(CC(=O)N2CCN(Cc3ccc4c(c3)OCO4)CC2)S(=O)(=O)c2ccccc2)cc1C. The van der Waals surface area contributed by atoms with E-state index in [1.54, 1.807) is 41.3 Å². The average molecular weight is 522 g/mol. The van der Waals surface area contributed by atoms with Crippen molar-refractivity contribution in [3.05, 3.63) is 83.4 Å². The third-order valence-electron chi connectivity index (χ3n) is 6.96. The van der Waals surface area contributed by atoms with Gasteiger partial charge in [-0.05, 0) is 66.9 Å². The van der Waals surface area contributed by atoms with Crippen molar-refractivity contribution >= 4 is 21.6 Å². The fraction of sp³-hybridized carbons (Fsp3) is 0.321. The number of rotatable bonds is 7. The molecule has 0 N–H and O–H groups in total. The summed E-state index contributed by atoms with van der Waals surface area (Å²) in [5, 5.41) is 0. The highest BCUT2D eigenvalue weighted by atomic mass is 32.2. The Balaban J connectivity index is 1.28. The van der Waals surface area contributed by atoms with Crippen molar-refractivity contribution in [1.29, 1.82) is 0 Å². The van der Waals surface area contributed by atoms with E-state index in [4.69, 9.17) is 9.47 Å². The van der Waals surface area contributed by atoms with E-state index in [1.807, 2.05) is 44.2 Å². The molecule has 0 atom stereocenters. The van der Waals surface area contributed by atoms with Gasteiger partial charge in [0, 0.05) is 32.7 Å². The molecule has 2 heterocycles. The number of piperazine rings is 1. The van der Waals surface area contributed by atoms with Gasteiger partial charge in [-0.15, -0.1) is 0 Å². The minimum Gasteiger partial charge on any atom is -0.454 e. The molecular weight excluding hydrogens is 490 g/mol. The van der Waals surface area contributed by atoms with Gasteiger partial charge in [-0.1, -0.05) is 30.3 Å². The van der Waals surface area contributed by atoms with Crippen LogP contribution in [0.4, 0.5) is 5.69 Å². The van der Waals surface area contributed by atoms with Gasteiger partial charge in [0.1, 0.15) is 6.54 Å². The van der Waals surface area contributed by atoms with Gasteiger partial charge < -0.3 is 14.4 Å². The number of amides is 1. The molecule has 0 bridgehead atoms. The first-order valence-electron chi connectivity index (χ1n) is 12.3. The summed E-state index contributed by atoms with van der Waals surface area (Å²) in [6.45, 7) is 7.14. The molecule has 2 aliphatic heterocycles. The minimum atomic E-state index is -3.92. The molecule has 3 aromatic rings. The van der Waals surface area contributed by atoms with Crippen molar-refractivity contribution in [2.75, 3.05) is 43.8 Å². The first kappa shape index (κ1) is 25.1. The highest BCUT2D eigenvalue weighted by Gasteiger charge is 2.30. The number of carbonyl (C=O) groups is 1. The third-order valence-corrected chi connectivity index (χ3v) is 8.74. The van der Waals surface area contributed by atoms with Crippen molar-refractivity contribution in [3.63, 3.8) is 0 Å². The first-order valence-corrected chi connectivity index (χ1v) is 13.8. The molecule has 1 fully saturated rings. The lowest BCUT2D eigenvalue weighted by molar-refractivity contribution is -0.131. The Bertz CT molecular complexity index is 1390. The lowest BCUT2D eigenvalue weighted by Crippen LogP contribution is -2.51. The molecule has 0 unspecified atom stereocenters. The number of aryl methyl sites for hydroxylation is 2. The number of ether oxygens (including phenoxy) is 2. The fourth-order valence-corrected chi connectivity index (χ4v) is 6.02. The summed E-state index contributed by atoms with van der Waals surface area (Å²) in [5.74, 6) is 1.32. The highest BCUT2D eigenvalue weighted by Crippen LogP contribution is 2.33. The van der Waals surface area contributed by atoms with Crippen LogP contribution < -0.4 is 13.8 Å². The van der Waals surface area contributed by atoms with Gasteiger partial charge in [0.25, 0.3) is 10.0 Å². The Labute approximate surface area is 218 Å².